The summed E-state index contributed by atoms with van der Waals surface area (Å²) in [6, 6.07) is 17.3. The van der Waals surface area contributed by atoms with Gasteiger partial charge in [0.2, 0.25) is 0 Å². The molecule has 20 heavy (non-hydrogen) atoms. The normalized spacial score (nSPS) is 14.2. The summed E-state index contributed by atoms with van der Waals surface area (Å²) < 4.78 is 0. The van der Waals surface area contributed by atoms with E-state index < -0.39 is 0 Å². The van der Waals surface area contributed by atoms with Gasteiger partial charge in [0.25, 0.3) is 11.8 Å². The molecule has 0 fully saturated rings. The van der Waals surface area contributed by atoms with E-state index in [0.29, 0.717) is 0 Å². The third-order valence-corrected chi connectivity index (χ3v) is 3.34. The lowest BCUT2D eigenvalue weighted by atomic mass is 10.1. The number of imide groups is 1. The molecule has 0 saturated carbocycles. The minimum Gasteiger partial charge on any atom is -0.289 e. The molecule has 0 aromatic heterocycles. The number of amides is 2. The van der Waals surface area contributed by atoms with Crippen LogP contribution in [0.5, 0.6) is 0 Å². The molecule has 0 unspecified atom stereocenters. The van der Waals surface area contributed by atoms with E-state index in [1.54, 1.807) is 0 Å². The van der Waals surface area contributed by atoms with E-state index in [1.807, 2.05) is 5.32 Å². The Morgan fingerprint density at radius 2 is 1.15 bits per heavy atom. The van der Waals surface area contributed by atoms with Crippen molar-refractivity contribution >= 4 is 11.8 Å². The summed E-state index contributed by atoms with van der Waals surface area (Å²) >= 11 is 0. The van der Waals surface area contributed by atoms with Crippen LogP contribution in [0.3, 0.4) is 0 Å². The standard InChI is InChI=1S/C13H10.C4H3NO2/c1-3-7-12-10(5-1)9-11-6-2-4-8-13(11)12;6-3-1-2-4(7)5-3/h1-8H,9H2;1-2H,(H,5,6,7). The van der Waals surface area contributed by atoms with E-state index in [1.165, 1.54) is 34.4 Å². The Balaban J connectivity index is 0.000000147. The van der Waals surface area contributed by atoms with Gasteiger partial charge in [-0.05, 0) is 28.7 Å². The van der Waals surface area contributed by atoms with Crippen LogP contribution in [0.2, 0.25) is 0 Å². The third kappa shape index (κ3) is 2.38. The second-order valence-electron chi connectivity index (χ2n) is 4.68. The van der Waals surface area contributed by atoms with Gasteiger partial charge in [-0.15, -0.1) is 0 Å². The third-order valence-electron chi connectivity index (χ3n) is 3.34. The molecule has 0 saturated heterocycles. The highest BCUT2D eigenvalue weighted by molar-refractivity contribution is 6.12. The summed E-state index contributed by atoms with van der Waals surface area (Å²) in [6.45, 7) is 0. The molecule has 3 heteroatoms. The van der Waals surface area contributed by atoms with E-state index in [-0.39, 0.29) is 11.8 Å². The Labute approximate surface area is 116 Å². The number of carbonyl (C=O) groups excluding carboxylic acids is 2. The van der Waals surface area contributed by atoms with Crippen LogP contribution in [0.1, 0.15) is 11.1 Å². The molecule has 0 bridgehead atoms. The number of rotatable bonds is 0. The van der Waals surface area contributed by atoms with Gasteiger partial charge in [0.1, 0.15) is 0 Å². The van der Waals surface area contributed by atoms with Gasteiger partial charge in [-0.3, -0.25) is 14.9 Å². The summed E-state index contributed by atoms with van der Waals surface area (Å²) in [6.07, 6.45) is 3.50. The number of nitrogens with one attached hydrogen (secondary N) is 1. The second kappa shape index (κ2) is 5.13. The van der Waals surface area contributed by atoms with Crippen LogP contribution >= 0.6 is 0 Å². The van der Waals surface area contributed by atoms with E-state index in [9.17, 15) is 9.59 Å². The SMILES string of the molecule is O=C1C=CC(=O)N1.c1ccc2c(c1)Cc1ccccc1-2. The lowest BCUT2D eigenvalue weighted by Crippen LogP contribution is -2.19. The molecule has 4 rings (SSSR count). The number of benzene rings is 2. The van der Waals surface area contributed by atoms with Gasteiger partial charge < -0.3 is 0 Å². The van der Waals surface area contributed by atoms with Crippen molar-refractivity contribution in [1.29, 1.82) is 0 Å². The van der Waals surface area contributed by atoms with Crippen molar-refractivity contribution in [1.82, 2.24) is 5.32 Å². The topological polar surface area (TPSA) is 46.2 Å². The van der Waals surface area contributed by atoms with Crippen molar-refractivity contribution in [2.75, 3.05) is 0 Å². The van der Waals surface area contributed by atoms with Gasteiger partial charge in [0, 0.05) is 12.2 Å². The fraction of sp³-hybridized carbons (Fsp3) is 0.0588. The first-order valence-electron chi connectivity index (χ1n) is 6.43. The van der Waals surface area contributed by atoms with Crippen molar-refractivity contribution in [2.45, 2.75) is 6.42 Å². The van der Waals surface area contributed by atoms with Gasteiger partial charge in [0.05, 0.1) is 0 Å². The molecule has 3 nitrogen and oxygen atoms in total. The molecule has 1 aliphatic heterocycles. The quantitative estimate of drug-likeness (QED) is 0.633. The summed E-state index contributed by atoms with van der Waals surface area (Å²) in [5.41, 5.74) is 5.75. The Kier molecular flexibility index (Phi) is 3.17. The van der Waals surface area contributed by atoms with Gasteiger partial charge in [0.15, 0.2) is 0 Å². The van der Waals surface area contributed by atoms with Crippen molar-refractivity contribution in [2.24, 2.45) is 0 Å². The Morgan fingerprint density at radius 1 is 0.700 bits per heavy atom. The molecule has 0 spiro atoms. The highest BCUT2D eigenvalue weighted by Crippen LogP contribution is 2.35. The van der Waals surface area contributed by atoms with E-state index in [2.05, 4.69) is 48.5 Å². The molecule has 0 atom stereocenters. The van der Waals surface area contributed by atoms with Gasteiger partial charge >= 0.3 is 0 Å². The van der Waals surface area contributed by atoms with Gasteiger partial charge in [-0.25, -0.2) is 0 Å². The Morgan fingerprint density at radius 3 is 1.55 bits per heavy atom. The zero-order chi connectivity index (χ0) is 13.9. The predicted octanol–water partition coefficient (Wildman–Crippen LogP) is 2.46. The summed E-state index contributed by atoms with van der Waals surface area (Å²) in [4.78, 5) is 20.1. The second-order valence-corrected chi connectivity index (χ2v) is 4.68. The van der Waals surface area contributed by atoms with Crippen LogP contribution in [0.25, 0.3) is 11.1 Å². The van der Waals surface area contributed by atoms with Crippen LogP contribution in [-0.4, -0.2) is 11.8 Å². The molecule has 2 aromatic rings. The molecule has 2 aliphatic rings. The molecule has 1 N–H and O–H groups in total. The van der Waals surface area contributed by atoms with Crippen molar-refractivity contribution < 1.29 is 9.59 Å². The number of fused-ring (bicyclic) bond motifs is 3. The smallest absolute Gasteiger partial charge is 0.250 e. The maximum absolute atomic E-state index is 10.0. The number of hydrogen-bond donors (Lipinski definition) is 1. The van der Waals surface area contributed by atoms with E-state index in [0.717, 1.165) is 6.42 Å². The lowest BCUT2D eigenvalue weighted by Gasteiger charge is -1.98. The molecule has 1 heterocycles. The van der Waals surface area contributed by atoms with Gasteiger partial charge in [-0.1, -0.05) is 48.5 Å². The van der Waals surface area contributed by atoms with E-state index in [4.69, 9.17) is 0 Å². The molecular formula is C17H13NO2. The molecule has 0 radical (unpaired) electrons. The maximum Gasteiger partial charge on any atom is 0.250 e. The first-order chi connectivity index (χ1) is 9.74. The highest BCUT2D eigenvalue weighted by Gasteiger charge is 2.15. The first kappa shape index (κ1) is 12.4. The monoisotopic (exact) mass is 263 g/mol. The van der Waals surface area contributed by atoms with Crippen molar-refractivity contribution in [3.05, 3.63) is 71.8 Å². The highest BCUT2D eigenvalue weighted by atomic mass is 16.2. The first-order valence-corrected chi connectivity index (χ1v) is 6.43. The molecule has 98 valence electrons. The lowest BCUT2D eigenvalue weighted by molar-refractivity contribution is -0.123. The fourth-order valence-corrected chi connectivity index (χ4v) is 2.44. The van der Waals surface area contributed by atoms with Crippen LogP contribution < -0.4 is 5.32 Å². The Bertz CT molecular complexity index is 657. The van der Waals surface area contributed by atoms with Crippen molar-refractivity contribution in [3.63, 3.8) is 0 Å². The minimum absolute atomic E-state index is 0.329. The van der Waals surface area contributed by atoms with E-state index >= 15 is 0 Å². The largest absolute Gasteiger partial charge is 0.289 e. The molecular weight excluding hydrogens is 250 g/mol. The fourth-order valence-electron chi connectivity index (χ4n) is 2.44. The van der Waals surface area contributed by atoms with Crippen LogP contribution in [0, 0.1) is 0 Å². The average Bonchev–Trinajstić information content (AvgIpc) is 3.02. The molecule has 1 aliphatic carbocycles. The predicted molar refractivity (Wildman–Crippen MR) is 77.0 cm³/mol. The zero-order valence-corrected chi connectivity index (χ0v) is 10.8. The Hall–Kier alpha value is -2.68. The zero-order valence-electron chi connectivity index (χ0n) is 10.8. The number of hydrogen-bond acceptors (Lipinski definition) is 2. The van der Waals surface area contributed by atoms with Crippen molar-refractivity contribution in [3.8, 4) is 11.1 Å². The minimum atomic E-state index is -0.329. The van der Waals surface area contributed by atoms with Crippen LogP contribution in [0.15, 0.2) is 60.7 Å². The molecule has 2 amide bonds. The summed E-state index contributed by atoms with van der Waals surface area (Å²) in [5.74, 6) is -0.657. The average molecular weight is 263 g/mol. The summed E-state index contributed by atoms with van der Waals surface area (Å²) in [5, 5.41) is 2.03. The van der Waals surface area contributed by atoms with Gasteiger partial charge in [-0.2, -0.15) is 0 Å². The van der Waals surface area contributed by atoms with Crippen LogP contribution in [0.4, 0.5) is 0 Å². The van der Waals surface area contributed by atoms with Crippen LogP contribution in [-0.2, 0) is 16.0 Å². The molecule has 2 aromatic carbocycles. The maximum atomic E-state index is 10.0. The summed E-state index contributed by atoms with van der Waals surface area (Å²) in [7, 11) is 0. The number of carbonyl (C=O) groups is 2.